The van der Waals surface area contributed by atoms with E-state index in [2.05, 4.69) is 14.5 Å². The predicted molar refractivity (Wildman–Crippen MR) is 145 cm³/mol. The van der Waals surface area contributed by atoms with E-state index in [4.69, 9.17) is 62.7 Å². The summed E-state index contributed by atoms with van der Waals surface area (Å²) in [6.45, 7) is 2.39. The lowest BCUT2D eigenvalue weighted by Crippen LogP contribution is -3.00. The average Bonchev–Trinajstić information content (AvgIpc) is 3.27. The first-order chi connectivity index (χ1) is 16.9. The van der Waals surface area contributed by atoms with E-state index in [1.165, 1.54) is 0 Å². The molecule has 0 spiro atoms. The third kappa shape index (κ3) is 8.03. The molecule has 0 aliphatic heterocycles. The van der Waals surface area contributed by atoms with Gasteiger partial charge in [0.15, 0.2) is 0 Å². The van der Waals surface area contributed by atoms with E-state index in [9.17, 15) is 0 Å². The molecular weight excluding hydrogens is 627 g/mol. The van der Waals surface area contributed by atoms with E-state index in [0.29, 0.717) is 44.8 Å². The summed E-state index contributed by atoms with van der Waals surface area (Å²) in [7, 11) is 0. The number of ether oxygens (including phenoxy) is 1. The number of para-hydroxylation sites is 1. The van der Waals surface area contributed by atoms with Crippen LogP contribution in [0.2, 0.25) is 25.1 Å². The van der Waals surface area contributed by atoms with Crippen LogP contribution in [0, 0.1) is 0 Å². The number of imidazole rings is 1. The lowest BCUT2D eigenvalue weighted by atomic mass is 10.1. The molecule has 190 valence electrons. The Hall–Kier alpha value is -1.44. The molecule has 4 aromatic rings. The Bertz CT molecular complexity index is 1260. The summed E-state index contributed by atoms with van der Waals surface area (Å²) in [5.41, 5.74) is 2.64. The Morgan fingerprint density at radius 3 is 2.25 bits per heavy atom. The van der Waals surface area contributed by atoms with Crippen LogP contribution in [-0.2, 0) is 24.4 Å². The lowest BCUT2D eigenvalue weighted by Gasteiger charge is -2.18. The number of aromatic nitrogens is 2. The van der Waals surface area contributed by atoms with Crippen molar-refractivity contribution >= 4 is 63.7 Å². The Balaban J connectivity index is 0.00000361. The Labute approximate surface area is 246 Å². The van der Waals surface area contributed by atoms with Crippen molar-refractivity contribution in [2.45, 2.75) is 25.8 Å². The van der Waals surface area contributed by atoms with E-state index in [1.807, 2.05) is 73.3 Å². The summed E-state index contributed by atoms with van der Waals surface area (Å²) in [4.78, 5) is 0. The van der Waals surface area contributed by atoms with Crippen molar-refractivity contribution in [3.05, 3.63) is 116 Å². The molecule has 0 amide bonds. The van der Waals surface area contributed by atoms with Gasteiger partial charge in [0.2, 0.25) is 6.33 Å². The van der Waals surface area contributed by atoms with Gasteiger partial charge in [-0.15, -0.1) is 0 Å². The van der Waals surface area contributed by atoms with Crippen LogP contribution in [0.3, 0.4) is 0 Å². The second kappa shape index (κ2) is 13.9. The van der Waals surface area contributed by atoms with E-state index >= 15 is 0 Å². The number of benzene rings is 3. The van der Waals surface area contributed by atoms with Crippen molar-refractivity contribution in [3.8, 4) is 0 Å². The summed E-state index contributed by atoms with van der Waals surface area (Å²) in [6.07, 6.45) is 5.76. The third-order valence-electron chi connectivity index (χ3n) is 5.43. The first-order valence-electron chi connectivity index (χ1n) is 10.9. The van der Waals surface area contributed by atoms with Crippen LogP contribution < -0.4 is 26.9 Å². The van der Waals surface area contributed by atoms with E-state index in [-0.39, 0.29) is 23.1 Å². The first kappa shape index (κ1) is 29.1. The van der Waals surface area contributed by atoms with Gasteiger partial charge in [0, 0.05) is 20.6 Å². The topological polar surface area (TPSA) is 30.1 Å². The molecule has 0 saturated carbocycles. The van der Waals surface area contributed by atoms with Crippen LogP contribution in [0.1, 0.15) is 17.2 Å². The molecule has 1 atom stereocenters. The maximum absolute atomic E-state index is 6.52. The zero-order valence-electron chi connectivity index (χ0n) is 19.0. The maximum atomic E-state index is 6.52. The summed E-state index contributed by atoms with van der Waals surface area (Å²) < 4.78 is 10.5. The van der Waals surface area contributed by atoms with Crippen LogP contribution in [0.15, 0.2) is 79.4 Å². The molecule has 1 unspecified atom stereocenters. The zero-order valence-corrected chi connectivity index (χ0v) is 24.3. The molecule has 0 bridgehead atoms. The lowest BCUT2D eigenvalue weighted by molar-refractivity contribution is -0.704. The van der Waals surface area contributed by atoms with Gasteiger partial charge >= 0.3 is 0 Å². The second-order valence-electron chi connectivity index (χ2n) is 7.96. The fourth-order valence-electron chi connectivity index (χ4n) is 3.63. The van der Waals surface area contributed by atoms with Gasteiger partial charge in [-0.3, -0.25) is 0 Å². The van der Waals surface area contributed by atoms with Crippen LogP contribution in [-0.4, -0.2) is 11.1 Å². The first-order valence-corrected chi connectivity index (χ1v) is 12.8. The van der Waals surface area contributed by atoms with Crippen LogP contribution >= 0.6 is 58.0 Å². The normalized spacial score (nSPS) is 11.7. The van der Waals surface area contributed by atoms with Gasteiger partial charge < -0.3 is 27.0 Å². The minimum Gasteiger partial charge on any atom is -1.00 e. The quantitative estimate of drug-likeness (QED) is 0.242. The Morgan fingerprint density at radius 1 is 0.861 bits per heavy atom. The molecule has 0 radical (unpaired) electrons. The van der Waals surface area contributed by atoms with Crippen LogP contribution in [0.25, 0.3) is 0 Å². The fourth-order valence-corrected chi connectivity index (χ4v) is 4.82. The largest absolute Gasteiger partial charge is 1.00 e. The Kier molecular flexibility index (Phi) is 11.3. The molecule has 36 heavy (non-hydrogen) atoms. The standard InChI is InChI=1S/C26H23Cl5N3O.BrH/c27-19-6-4-18(5-7-19)16-35-25(21-9-8-20(28)14-24(21)31)15-34-13-12-33(17-34)11-10-32-26-22(29)2-1-3-23(26)30;/h1-9,12-14,17,25,32H,10-11,15-16H2;1H/q+1;/p-1. The number of nitrogens with zero attached hydrogens (tertiary/aromatic N) is 2. The predicted octanol–water partition coefficient (Wildman–Crippen LogP) is 5.12. The smallest absolute Gasteiger partial charge is 0.243 e. The summed E-state index contributed by atoms with van der Waals surface area (Å²) in [5, 5.41) is 6.34. The van der Waals surface area contributed by atoms with Crippen LogP contribution in [0.5, 0.6) is 0 Å². The van der Waals surface area contributed by atoms with Crippen molar-refractivity contribution in [1.29, 1.82) is 0 Å². The molecule has 1 N–H and O–H groups in total. The fraction of sp³-hybridized carbons (Fsp3) is 0.192. The second-order valence-corrected chi connectivity index (χ2v) is 10.1. The van der Waals surface area contributed by atoms with Gasteiger partial charge in [0.1, 0.15) is 31.6 Å². The van der Waals surface area contributed by atoms with Crippen molar-refractivity contribution in [2.24, 2.45) is 0 Å². The van der Waals surface area contributed by atoms with Gasteiger partial charge in [-0.05, 0) is 42.0 Å². The highest BCUT2D eigenvalue weighted by Gasteiger charge is 2.20. The third-order valence-corrected chi connectivity index (χ3v) is 6.88. The number of anilines is 1. The number of halogens is 6. The SMILES string of the molecule is Clc1ccc(COC(C[n+]2ccn(CCNc3c(Cl)cccc3Cl)c2)c2ccc(Cl)cc2Cl)cc1.[Br-]. The van der Waals surface area contributed by atoms with Gasteiger partial charge in [-0.25, -0.2) is 9.13 Å². The Morgan fingerprint density at radius 2 is 1.56 bits per heavy atom. The average molecular weight is 651 g/mol. The molecule has 1 heterocycles. The maximum Gasteiger partial charge on any atom is 0.243 e. The van der Waals surface area contributed by atoms with Gasteiger partial charge in [0.05, 0.1) is 28.9 Å². The molecule has 4 rings (SSSR count). The highest BCUT2D eigenvalue weighted by molar-refractivity contribution is 6.39. The molecule has 0 aliphatic carbocycles. The minimum absolute atomic E-state index is 0. The zero-order chi connectivity index (χ0) is 24.8. The molecule has 0 aliphatic rings. The van der Waals surface area contributed by atoms with Crippen molar-refractivity contribution < 1.29 is 26.3 Å². The molecule has 1 aromatic heterocycles. The van der Waals surface area contributed by atoms with Crippen molar-refractivity contribution in [2.75, 3.05) is 11.9 Å². The van der Waals surface area contributed by atoms with Gasteiger partial charge in [-0.2, -0.15) is 0 Å². The molecule has 10 heteroatoms. The molecule has 4 nitrogen and oxygen atoms in total. The molecule has 3 aromatic carbocycles. The molecule has 0 saturated heterocycles. The highest BCUT2D eigenvalue weighted by Crippen LogP contribution is 2.30. The number of rotatable bonds is 10. The van der Waals surface area contributed by atoms with Crippen molar-refractivity contribution in [1.82, 2.24) is 4.57 Å². The number of nitrogens with one attached hydrogen (secondary N) is 1. The highest BCUT2D eigenvalue weighted by atomic mass is 79.9. The number of hydrogen-bond donors (Lipinski definition) is 1. The van der Waals surface area contributed by atoms with Gasteiger partial charge in [0.25, 0.3) is 0 Å². The van der Waals surface area contributed by atoms with Gasteiger partial charge in [-0.1, -0.05) is 82.3 Å². The molecule has 0 fully saturated rings. The summed E-state index contributed by atoms with van der Waals surface area (Å²) in [5.74, 6) is 0. The van der Waals surface area contributed by atoms with E-state index in [0.717, 1.165) is 23.4 Å². The van der Waals surface area contributed by atoms with E-state index < -0.39 is 0 Å². The monoisotopic (exact) mass is 647 g/mol. The van der Waals surface area contributed by atoms with Crippen molar-refractivity contribution in [3.63, 3.8) is 0 Å². The van der Waals surface area contributed by atoms with Crippen LogP contribution in [0.4, 0.5) is 5.69 Å². The minimum atomic E-state index is -0.281. The molecular formula is C26H23BrCl5N3O. The number of hydrogen-bond acceptors (Lipinski definition) is 2. The van der Waals surface area contributed by atoms with E-state index in [1.54, 1.807) is 6.07 Å². The summed E-state index contributed by atoms with van der Waals surface area (Å²) >= 11 is 31.1. The summed E-state index contributed by atoms with van der Waals surface area (Å²) in [6, 6.07) is 18.5.